The van der Waals surface area contributed by atoms with Gasteiger partial charge in [0.25, 0.3) is 0 Å². The first-order valence-electron chi connectivity index (χ1n) is 5.24. The summed E-state index contributed by atoms with van der Waals surface area (Å²) in [5.74, 6) is 0.668. The van der Waals surface area contributed by atoms with Crippen LogP contribution in [0, 0.1) is 5.82 Å². The fourth-order valence-electron chi connectivity index (χ4n) is 1.27. The fourth-order valence-corrected chi connectivity index (χ4v) is 1.74. The van der Waals surface area contributed by atoms with Crippen molar-refractivity contribution in [3.05, 3.63) is 29.6 Å². The van der Waals surface area contributed by atoms with Crippen molar-refractivity contribution in [1.29, 1.82) is 0 Å². The fraction of sp³-hybridized carbons (Fsp3) is 0.500. The van der Waals surface area contributed by atoms with Crippen molar-refractivity contribution >= 4 is 23.2 Å². The van der Waals surface area contributed by atoms with E-state index in [0.717, 1.165) is 5.56 Å². The predicted molar refractivity (Wildman–Crippen MR) is 69.6 cm³/mol. The number of halogens is 3. The highest BCUT2D eigenvalue weighted by atomic mass is 35.5. The average Bonchev–Trinajstić information content (AvgIpc) is 2.36. The van der Waals surface area contributed by atoms with Gasteiger partial charge in [-0.05, 0) is 24.6 Å². The molecule has 0 aliphatic rings. The monoisotopic (exact) mass is 279 g/mol. The van der Waals surface area contributed by atoms with Crippen LogP contribution in [0.2, 0.25) is 0 Å². The van der Waals surface area contributed by atoms with Gasteiger partial charge in [-0.1, -0.05) is 6.07 Å². The highest BCUT2D eigenvalue weighted by Gasteiger charge is 2.20. The molecule has 1 rings (SSSR count). The van der Waals surface area contributed by atoms with Gasteiger partial charge in [-0.15, -0.1) is 23.2 Å². The van der Waals surface area contributed by atoms with Crippen molar-refractivity contribution in [2.45, 2.75) is 19.0 Å². The van der Waals surface area contributed by atoms with Gasteiger partial charge in [0.2, 0.25) is 0 Å². The molecule has 1 aromatic carbocycles. The van der Waals surface area contributed by atoms with Crippen LogP contribution in [0.4, 0.5) is 4.39 Å². The van der Waals surface area contributed by atoms with Crippen molar-refractivity contribution in [1.82, 2.24) is 5.32 Å². The van der Waals surface area contributed by atoms with E-state index < -0.39 is 0 Å². The second-order valence-corrected chi connectivity index (χ2v) is 4.68. The Balaban J connectivity index is 2.67. The van der Waals surface area contributed by atoms with Crippen molar-refractivity contribution in [3.63, 3.8) is 0 Å². The SMILES string of the molecule is COc1ccc(CNC(C)(CCl)CCl)cc1F. The number of methoxy groups -OCH3 is 1. The molecule has 0 saturated heterocycles. The topological polar surface area (TPSA) is 21.3 Å². The number of ether oxygens (including phenoxy) is 1. The zero-order valence-electron chi connectivity index (χ0n) is 9.90. The Morgan fingerprint density at radius 2 is 2.00 bits per heavy atom. The van der Waals surface area contributed by atoms with Crippen molar-refractivity contribution in [2.75, 3.05) is 18.9 Å². The van der Waals surface area contributed by atoms with Gasteiger partial charge in [-0.3, -0.25) is 0 Å². The normalized spacial score (nSPS) is 11.6. The molecule has 0 radical (unpaired) electrons. The van der Waals surface area contributed by atoms with E-state index in [1.54, 1.807) is 12.1 Å². The molecule has 0 spiro atoms. The summed E-state index contributed by atoms with van der Waals surface area (Å²) >= 11 is 11.6. The highest BCUT2D eigenvalue weighted by Crippen LogP contribution is 2.18. The molecule has 5 heteroatoms. The highest BCUT2D eigenvalue weighted by molar-refractivity contribution is 6.22. The van der Waals surface area contributed by atoms with Crippen LogP contribution in [0.1, 0.15) is 12.5 Å². The molecule has 2 nitrogen and oxygen atoms in total. The van der Waals surface area contributed by atoms with Gasteiger partial charge in [0.1, 0.15) is 0 Å². The largest absolute Gasteiger partial charge is 0.494 e. The first-order chi connectivity index (χ1) is 8.04. The quantitative estimate of drug-likeness (QED) is 0.808. The molecular weight excluding hydrogens is 264 g/mol. The van der Waals surface area contributed by atoms with E-state index in [2.05, 4.69) is 5.32 Å². The van der Waals surface area contributed by atoms with E-state index in [-0.39, 0.29) is 17.1 Å². The summed E-state index contributed by atoms with van der Waals surface area (Å²) in [7, 11) is 1.44. The summed E-state index contributed by atoms with van der Waals surface area (Å²) in [5.41, 5.74) is 0.476. The van der Waals surface area contributed by atoms with Gasteiger partial charge in [0.05, 0.1) is 7.11 Å². The van der Waals surface area contributed by atoms with Crippen LogP contribution in [-0.2, 0) is 6.54 Å². The average molecular weight is 280 g/mol. The number of benzene rings is 1. The minimum absolute atomic E-state index is 0.242. The van der Waals surface area contributed by atoms with Gasteiger partial charge < -0.3 is 10.1 Å². The molecule has 0 aliphatic heterocycles. The van der Waals surface area contributed by atoms with Crippen molar-refractivity contribution in [3.8, 4) is 5.75 Å². The van der Waals surface area contributed by atoms with Crippen LogP contribution in [-0.4, -0.2) is 24.4 Å². The molecule has 0 heterocycles. The molecule has 0 aromatic heterocycles. The first kappa shape index (κ1) is 14.6. The third-order valence-corrected chi connectivity index (χ3v) is 3.71. The second kappa shape index (κ2) is 6.43. The lowest BCUT2D eigenvalue weighted by Gasteiger charge is -2.26. The lowest BCUT2D eigenvalue weighted by atomic mass is 10.1. The molecule has 1 N–H and O–H groups in total. The van der Waals surface area contributed by atoms with Crippen LogP contribution in [0.25, 0.3) is 0 Å². The molecular formula is C12H16Cl2FNO. The molecule has 0 bridgehead atoms. The maximum Gasteiger partial charge on any atom is 0.165 e. The Kier molecular flexibility index (Phi) is 5.50. The smallest absolute Gasteiger partial charge is 0.165 e. The number of hydrogen-bond acceptors (Lipinski definition) is 2. The number of alkyl halides is 2. The standard InChI is InChI=1S/C12H16Cl2FNO/c1-12(7-13,8-14)16-6-9-3-4-11(17-2)10(15)5-9/h3-5,16H,6-8H2,1-2H3. The lowest BCUT2D eigenvalue weighted by molar-refractivity contribution is 0.385. The maximum absolute atomic E-state index is 13.4. The molecule has 0 unspecified atom stereocenters. The van der Waals surface area contributed by atoms with E-state index in [9.17, 15) is 4.39 Å². The van der Waals surface area contributed by atoms with Crippen molar-refractivity contribution < 1.29 is 9.13 Å². The van der Waals surface area contributed by atoms with Gasteiger partial charge in [-0.2, -0.15) is 0 Å². The molecule has 96 valence electrons. The maximum atomic E-state index is 13.4. The van der Waals surface area contributed by atoms with Gasteiger partial charge in [0.15, 0.2) is 11.6 Å². The summed E-state index contributed by atoms with van der Waals surface area (Å²) in [4.78, 5) is 0. The molecule has 0 atom stereocenters. The molecule has 0 aliphatic carbocycles. The Hall–Kier alpha value is -0.510. The Bertz CT molecular complexity index is 370. The zero-order valence-corrected chi connectivity index (χ0v) is 11.4. The third-order valence-electron chi connectivity index (χ3n) is 2.53. The lowest BCUT2D eigenvalue weighted by Crippen LogP contribution is -2.45. The van der Waals surface area contributed by atoms with Crippen LogP contribution in [0.5, 0.6) is 5.75 Å². The molecule has 17 heavy (non-hydrogen) atoms. The van der Waals surface area contributed by atoms with Crippen LogP contribution < -0.4 is 10.1 Å². The molecule has 1 aromatic rings. The van der Waals surface area contributed by atoms with E-state index in [0.29, 0.717) is 18.3 Å². The second-order valence-electron chi connectivity index (χ2n) is 4.15. The summed E-state index contributed by atoms with van der Waals surface area (Å²) in [6, 6.07) is 4.84. The molecule has 0 fully saturated rings. The van der Waals surface area contributed by atoms with E-state index in [4.69, 9.17) is 27.9 Å². The first-order valence-corrected chi connectivity index (χ1v) is 6.31. The number of nitrogens with one attached hydrogen (secondary N) is 1. The summed E-state index contributed by atoms with van der Waals surface area (Å²) < 4.78 is 18.3. The molecule has 0 amide bonds. The Labute approximate surface area is 111 Å². The minimum Gasteiger partial charge on any atom is -0.494 e. The minimum atomic E-state index is -0.370. The summed E-state index contributed by atoms with van der Waals surface area (Å²) in [5, 5.41) is 3.21. The van der Waals surface area contributed by atoms with Gasteiger partial charge in [-0.25, -0.2) is 4.39 Å². The van der Waals surface area contributed by atoms with E-state index in [1.807, 2.05) is 6.92 Å². The van der Waals surface area contributed by atoms with Crippen molar-refractivity contribution in [2.24, 2.45) is 0 Å². The predicted octanol–water partition coefficient (Wildman–Crippen LogP) is 3.16. The third kappa shape index (κ3) is 4.02. The zero-order chi connectivity index (χ0) is 12.9. The summed E-state index contributed by atoms with van der Waals surface area (Å²) in [6.45, 7) is 2.43. The molecule has 0 saturated carbocycles. The number of hydrogen-bond donors (Lipinski definition) is 1. The van der Waals surface area contributed by atoms with Gasteiger partial charge in [0, 0.05) is 23.8 Å². The van der Waals surface area contributed by atoms with E-state index in [1.165, 1.54) is 13.2 Å². The summed E-state index contributed by atoms with van der Waals surface area (Å²) in [6.07, 6.45) is 0. The number of rotatable bonds is 6. The van der Waals surface area contributed by atoms with Crippen LogP contribution >= 0.6 is 23.2 Å². The van der Waals surface area contributed by atoms with Gasteiger partial charge >= 0.3 is 0 Å². The van der Waals surface area contributed by atoms with Crippen LogP contribution in [0.3, 0.4) is 0 Å². The van der Waals surface area contributed by atoms with Crippen LogP contribution in [0.15, 0.2) is 18.2 Å². The van der Waals surface area contributed by atoms with E-state index >= 15 is 0 Å². The Morgan fingerprint density at radius 3 is 2.47 bits per heavy atom. The Morgan fingerprint density at radius 1 is 1.35 bits per heavy atom.